The molecule has 0 aromatic heterocycles. The molecule has 0 aliphatic carbocycles. The van der Waals surface area contributed by atoms with Gasteiger partial charge in [-0.15, -0.1) is 0 Å². The number of methoxy groups -OCH3 is 2. The van der Waals surface area contributed by atoms with Crippen LogP contribution in [-0.4, -0.2) is 43.2 Å². The number of ketones is 1. The molecule has 10 nitrogen and oxygen atoms in total. The van der Waals surface area contributed by atoms with Crippen LogP contribution in [0.15, 0.2) is 78.9 Å². The third-order valence-corrected chi connectivity index (χ3v) is 5.53. The van der Waals surface area contributed by atoms with Gasteiger partial charge in [0.15, 0.2) is 23.4 Å². The lowest BCUT2D eigenvalue weighted by molar-refractivity contribution is -0.112. The van der Waals surface area contributed by atoms with E-state index in [1.165, 1.54) is 45.4 Å². The number of para-hydroxylation sites is 2. The van der Waals surface area contributed by atoms with Gasteiger partial charge in [-0.2, -0.15) is 0 Å². The van der Waals surface area contributed by atoms with Crippen LogP contribution in [0.5, 0.6) is 11.5 Å². The second-order valence-electron chi connectivity index (χ2n) is 8.15. The Morgan fingerprint density at radius 1 is 0.974 bits per heavy atom. The monoisotopic (exact) mass is 519 g/mol. The van der Waals surface area contributed by atoms with Gasteiger partial charge in [0.1, 0.15) is 6.10 Å². The number of benzene rings is 3. The maximum Gasteiger partial charge on any atom is 0.412 e. The molecule has 0 fully saturated rings. The Labute approximate surface area is 220 Å². The van der Waals surface area contributed by atoms with Crippen LogP contribution in [0.2, 0.25) is 0 Å². The first kappa shape index (κ1) is 27.8. The third kappa shape index (κ3) is 7.34. The van der Waals surface area contributed by atoms with Crippen LogP contribution in [-0.2, 0) is 14.3 Å². The Kier molecular flexibility index (Phi) is 9.44. The SMILES string of the molecule is COc1ccc([C@@H](OC(=O)Nc2ccc(C(C)=O)cc2)[C@@H](/C=C/C(=O)Nc2ccccc2N)OC)cc1O. The molecule has 2 atom stereocenters. The summed E-state index contributed by atoms with van der Waals surface area (Å²) in [4.78, 5) is 36.8. The van der Waals surface area contributed by atoms with Crippen molar-refractivity contribution in [1.29, 1.82) is 0 Å². The molecule has 0 radical (unpaired) electrons. The number of nitrogen functional groups attached to an aromatic ring is 1. The van der Waals surface area contributed by atoms with E-state index in [1.807, 2.05) is 0 Å². The van der Waals surface area contributed by atoms with E-state index >= 15 is 0 Å². The van der Waals surface area contributed by atoms with Crippen molar-refractivity contribution >= 4 is 34.8 Å². The van der Waals surface area contributed by atoms with Gasteiger partial charge in [0, 0.05) is 24.4 Å². The number of amides is 2. The van der Waals surface area contributed by atoms with Crippen LogP contribution in [0.25, 0.3) is 0 Å². The fourth-order valence-electron chi connectivity index (χ4n) is 3.53. The predicted molar refractivity (Wildman–Crippen MR) is 143 cm³/mol. The van der Waals surface area contributed by atoms with E-state index in [4.69, 9.17) is 19.9 Å². The number of nitrogens with one attached hydrogen (secondary N) is 2. The molecular weight excluding hydrogens is 490 g/mol. The smallest absolute Gasteiger partial charge is 0.412 e. The molecule has 0 heterocycles. The van der Waals surface area contributed by atoms with Crippen molar-refractivity contribution in [2.24, 2.45) is 0 Å². The first-order valence-electron chi connectivity index (χ1n) is 11.5. The molecule has 3 aromatic carbocycles. The van der Waals surface area contributed by atoms with Crippen molar-refractivity contribution in [1.82, 2.24) is 0 Å². The number of ether oxygens (including phenoxy) is 3. The van der Waals surface area contributed by atoms with Crippen molar-refractivity contribution in [3.8, 4) is 11.5 Å². The van der Waals surface area contributed by atoms with E-state index in [0.717, 1.165) is 0 Å². The van der Waals surface area contributed by atoms with Crippen LogP contribution in [0.1, 0.15) is 28.9 Å². The number of nitrogens with two attached hydrogens (primary N) is 1. The minimum Gasteiger partial charge on any atom is -0.504 e. The van der Waals surface area contributed by atoms with Gasteiger partial charge in [-0.05, 0) is 67.1 Å². The minimum atomic E-state index is -1.07. The average Bonchev–Trinajstić information content (AvgIpc) is 2.90. The number of phenols is 1. The average molecular weight is 520 g/mol. The summed E-state index contributed by atoms with van der Waals surface area (Å²) in [5, 5.41) is 15.6. The van der Waals surface area contributed by atoms with Gasteiger partial charge in [-0.1, -0.05) is 18.2 Å². The van der Waals surface area contributed by atoms with Gasteiger partial charge >= 0.3 is 6.09 Å². The van der Waals surface area contributed by atoms with Gasteiger partial charge in [0.05, 0.1) is 18.5 Å². The highest BCUT2D eigenvalue weighted by Gasteiger charge is 2.27. The van der Waals surface area contributed by atoms with Gasteiger partial charge in [-0.25, -0.2) is 4.79 Å². The fraction of sp³-hybridized carbons (Fsp3) is 0.179. The summed E-state index contributed by atoms with van der Waals surface area (Å²) in [6.45, 7) is 1.44. The Hall–Kier alpha value is -4.83. The van der Waals surface area contributed by atoms with E-state index in [1.54, 1.807) is 54.6 Å². The summed E-state index contributed by atoms with van der Waals surface area (Å²) in [7, 11) is 2.80. The fourth-order valence-corrected chi connectivity index (χ4v) is 3.53. The molecule has 0 unspecified atom stereocenters. The van der Waals surface area contributed by atoms with Crippen LogP contribution in [0, 0.1) is 0 Å². The molecule has 198 valence electrons. The standard InChI is InChI=1S/C28H29N3O7/c1-17(32)18-8-11-20(12-9-18)30-28(35)38-27(19-10-13-24(36-2)23(33)16-19)25(37-3)14-15-26(34)31-22-7-5-4-6-21(22)29/h4-16,25,27,33H,29H2,1-3H3,(H,30,35)(H,31,34)/b15-14+/t25-,27-/m1/s1. The highest BCUT2D eigenvalue weighted by atomic mass is 16.6. The number of hydrogen-bond acceptors (Lipinski definition) is 8. The van der Waals surface area contributed by atoms with Crippen molar-refractivity contribution < 1.29 is 33.7 Å². The van der Waals surface area contributed by atoms with Gasteiger partial charge in [-0.3, -0.25) is 14.9 Å². The molecule has 3 aromatic rings. The number of anilines is 3. The van der Waals surface area contributed by atoms with E-state index in [9.17, 15) is 19.5 Å². The number of aromatic hydroxyl groups is 1. The van der Waals surface area contributed by atoms with Crippen molar-refractivity contribution in [2.45, 2.75) is 19.1 Å². The second kappa shape index (κ2) is 12.9. The molecule has 10 heteroatoms. The van der Waals surface area contributed by atoms with Crippen LogP contribution < -0.4 is 21.1 Å². The Morgan fingerprint density at radius 2 is 1.68 bits per heavy atom. The number of carbonyl (C=O) groups is 3. The van der Waals surface area contributed by atoms with Gasteiger partial charge in [0.2, 0.25) is 5.91 Å². The lowest BCUT2D eigenvalue weighted by Gasteiger charge is -2.25. The zero-order chi connectivity index (χ0) is 27.7. The molecule has 0 aliphatic heterocycles. The Bertz CT molecular complexity index is 1320. The molecule has 0 saturated carbocycles. The zero-order valence-corrected chi connectivity index (χ0v) is 21.1. The summed E-state index contributed by atoms with van der Waals surface area (Å²) >= 11 is 0. The molecule has 38 heavy (non-hydrogen) atoms. The molecule has 0 saturated heterocycles. The first-order chi connectivity index (χ1) is 18.2. The lowest BCUT2D eigenvalue weighted by Crippen LogP contribution is -2.27. The molecule has 5 N–H and O–H groups in total. The van der Waals surface area contributed by atoms with Crippen LogP contribution in [0.4, 0.5) is 21.9 Å². The van der Waals surface area contributed by atoms with Crippen molar-refractivity contribution in [2.75, 3.05) is 30.6 Å². The number of carbonyl (C=O) groups excluding carboxylic acids is 3. The maximum absolute atomic E-state index is 12.8. The topological polar surface area (TPSA) is 149 Å². The quantitative estimate of drug-likeness (QED) is 0.171. The van der Waals surface area contributed by atoms with E-state index in [0.29, 0.717) is 28.2 Å². The largest absolute Gasteiger partial charge is 0.504 e. The third-order valence-electron chi connectivity index (χ3n) is 5.53. The van der Waals surface area contributed by atoms with Crippen LogP contribution in [0.3, 0.4) is 0 Å². The van der Waals surface area contributed by atoms with Gasteiger partial charge in [0.25, 0.3) is 0 Å². The number of hydrogen-bond donors (Lipinski definition) is 4. The highest BCUT2D eigenvalue weighted by molar-refractivity contribution is 6.01. The molecular formula is C28H29N3O7. The first-order valence-corrected chi connectivity index (χ1v) is 11.5. The van der Waals surface area contributed by atoms with E-state index in [-0.39, 0.29) is 17.3 Å². The summed E-state index contributed by atoms with van der Waals surface area (Å²) in [6, 6.07) is 17.6. The molecule has 0 aliphatic rings. The molecule has 0 bridgehead atoms. The van der Waals surface area contributed by atoms with Crippen molar-refractivity contribution in [3.63, 3.8) is 0 Å². The zero-order valence-electron chi connectivity index (χ0n) is 21.1. The maximum atomic E-state index is 12.8. The molecule has 2 amide bonds. The summed E-state index contributed by atoms with van der Waals surface area (Å²) in [6.07, 6.45) is -0.154. The summed E-state index contributed by atoms with van der Waals surface area (Å²) in [5.74, 6) is -0.523. The number of rotatable bonds is 10. The lowest BCUT2D eigenvalue weighted by atomic mass is 10.0. The van der Waals surface area contributed by atoms with Crippen molar-refractivity contribution in [3.05, 3.63) is 90.0 Å². The predicted octanol–water partition coefficient (Wildman–Crippen LogP) is 4.69. The summed E-state index contributed by atoms with van der Waals surface area (Å²) < 4.78 is 16.3. The van der Waals surface area contributed by atoms with E-state index in [2.05, 4.69) is 10.6 Å². The summed E-state index contributed by atoms with van der Waals surface area (Å²) in [5.41, 5.74) is 8.01. The molecule has 3 rings (SSSR count). The number of phenolic OH excluding ortho intramolecular Hbond substituents is 1. The number of Topliss-reactive ketones (excluding diaryl/α,β-unsaturated/α-hetero) is 1. The second-order valence-corrected chi connectivity index (χ2v) is 8.15. The highest BCUT2D eigenvalue weighted by Crippen LogP contribution is 2.33. The van der Waals surface area contributed by atoms with E-state index < -0.39 is 24.2 Å². The van der Waals surface area contributed by atoms with Crippen LogP contribution >= 0.6 is 0 Å². The Morgan fingerprint density at radius 3 is 2.29 bits per heavy atom. The Balaban J connectivity index is 1.82. The normalized spacial score (nSPS) is 12.4. The van der Waals surface area contributed by atoms with Gasteiger partial charge < -0.3 is 30.4 Å². The molecule has 0 spiro atoms. The minimum absolute atomic E-state index is 0.104.